The summed E-state index contributed by atoms with van der Waals surface area (Å²) < 4.78 is 0. The van der Waals surface area contributed by atoms with Crippen molar-refractivity contribution < 1.29 is 4.79 Å². The summed E-state index contributed by atoms with van der Waals surface area (Å²) in [5.41, 5.74) is 14.3. The molecule has 1 heterocycles. The second kappa shape index (κ2) is 4.53. The van der Waals surface area contributed by atoms with E-state index in [-0.39, 0.29) is 11.9 Å². The first-order valence-corrected chi connectivity index (χ1v) is 6.97. The summed E-state index contributed by atoms with van der Waals surface area (Å²) in [4.78, 5) is 14.5. The number of nitrogens with zero attached hydrogens (tertiary/aromatic N) is 1. The van der Waals surface area contributed by atoms with Gasteiger partial charge in [-0.3, -0.25) is 4.79 Å². The molecule has 4 heteroatoms. The Hall–Kier alpha value is -1.55. The minimum absolute atomic E-state index is 0.103. The van der Waals surface area contributed by atoms with E-state index in [1.54, 1.807) is 6.07 Å². The van der Waals surface area contributed by atoms with Gasteiger partial charge in [-0.1, -0.05) is 6.07 Å². The van der Waals surface area contributed by atoms with Gasteiger partial charge in [-0.05, 0) is 49.3 Å². The number of anilines is 1. The van der Waals surface area contributed by atoms with Crippen LogP contribution < -0.4 is 11.5 Å². The van der Waals surface area contributed by atoms with Crippen LogP contribution in [0.3, 0.4) is 0 Å². The smallest absolute Gasteiger partial charge is 0.254 e. The molecule has 1 aromatic rings. The van der Waals surface area contributed by atoms with Crippen LogP contribution in [0.15, 0.2) is 18.2 Å². The minimum atomic E-state index is 0.103. The Balaban J connectivity index is 1.80. The Morgan fingerprint density at radius 1 is 1.32 bits per heavy atom. The molecule has 4 nitrogen and oxygen atoms in total. The predicted octanol–water partition coefficient (Wildman–Crippen LogP) is 1.39. The molecule has 0 radical (unpaired) electrons. The number of hydrogen-bond acceptors (Lipinski definition) is 3. The van der Waals surface area contributed by atoms with Gasteiger partial charge < -0.3 is 16.4 Å². The lowest BCUT2D eigenvalue weighted by atomic mass is 9.98. The van der Waals surface area contributed by atoms with Crippen LogP contribution in [-0.2, 0) is 0 Å². The molecule has 1 aliphatic heterocycles. The van der Waals surface area contributed by atoms with E-state index in [9.17, 15) is 4.79 Å². The van der Waals surface area contributed by atoms with Crippen LogP contribution in [0.25, 0.3) is 0 Å². The van der Waals surface area contributed by atoms with Gasteiger partial charge in [0.15, 0.2) is 0 Å². The van der Waals surface area contributed by atoms with E-state index in [1.165, 1.54) is 0 Å². The molecule has 1 saturated heterocycles. The Labute approximate surface area is 113 Å². The normalized spacial score (nSPS) is 29.6. The first kappa shape index (κ1) is 12.5. The first-order chi connectivity index (χ1) is 9.06. The lowest BCUT2D eigenvalue weighted by Gasteiger charge is -2.20. The van der Waals surface area contributed by atoms with E-state index in [4.69, 9.17) is 11.5 Å². The zero-order valence-corrected chi connectivity index (χ0v) is 11.3. The highest BCUT2D eigenvalue weighted by atomic mass is 16.2. The average Bonchev–Trinajstić information content (AvgIpc) is 2.94. The van der Waals surface area contributed by atoms with E-state index in [1.807, 2.05) is 24.0 Å². The molecule has 0 spiro atoms. The van der Waals surface area contributed by atoms with Crippen molar-refractivity contribution in [3.63, 3.8) is 0 Å². The third-order valence-corrected chi connectivity index (χ3v) is 4.69. The van der Waals surface area contributed by atoms with Crippen molar-refractivity contribution in [1.29, 1.82) is 0 Å². The molecule has 1 aromatic carbocycles. The molecule has 102 valence electrons. The number of nitrogens with two attached hydrogens (primary N) is 2. The summed E-state index contributed by atoms with van der Waals surface area (Å²) in [7, 11) is 0. The summed E-state index contributed by atoms with van der Waals surface area (Å²) >= 11 is 0. The van der Waals surface area contributed by atoms with E-state index in [0.717, 1.165) is 37.1 Å². The monoisotopic (exact) mass is 259 g/mol. The molecule has 2 fully saturated rings. The maximum absolute atomic E-state index is 12.6. The Bertz CT molecular complexity index is 514. The maximum atomic E-state index is 12.6. The molecule has 4 N–H and O–H groups in total. The lowest BCUT2D eigenvalue weighted by molar-refractivity contribution is 0.0779. The van der Waals surface area contributed by atoms with Gasteiger partial charge >= 0.3 is 0 Å². The minimum Gasteiger partial charge on any atom is -0.399 e. The number of amides is 1. The van der Waals surface area contributed by atoms with Crippen molar-refractivity contribution in [2.24, 2.45) is 17.6 Å². The number of fused-ring (bicyclic) bond motifs is 1. The Morgan fingerprint density at radius 3 is 2.84 bits per heavy atom. The molecule has 1 saturated carbocycles. The van der Waals surface area contributed by atoms with Gasteiger partial charge in [-0.2, -0.15) is 0 Å². The second-order valence-electron chi connectivity index (χ2n) is 5.95. The van der Waals surface area contributed by atoms with Gasteiger partial charge in [0.1, 0.15) is 0 Å². The number of rotatable bonds is 1. The van der Waals surface area contributed by atoms with Crippen LogP contribution in [0.2, 0.25) is 0 Å². The van der Waals surface area contributed by atoms with E-state index in [0.29, 0.717) is 17.5 Å². The number of likely N-dealkylation sites (tertiary alicyclic amines) is 1. The number of carbonyl (C=O) groups is 1. The van der Waals surface area contributed by atoms with Crippen molar-refractivity contribution in [3.8, 4) is 0 Å². The third-order valence-electron chi connectivity index (χ3n) is 4.69. The molecule has 3 unspecified atom stereocenters. The molecule has 2 aliphatic rings. The van der Waals surface area contributed by atoms with Gasteiger partial charge in [0.2, 0.25) is 0 Å². The largest absolute Gasteiger partial charge is 0.399 e. The summed E-state index contributed by atoms with van der Waals surface area (Å²) in [6.07, 6.45) is 2.26. The Morgan fingerprint density at radius 2 is 2.11 bits per heavy atom. The van der Waals surface area contributed by atoms with E-state index in [2.05, 4.69) is 0 Å². The number of hydrogen-bond donors (Lipinski definition) is 2. The summed E-state index contributed by atoms with van der Waals surface area (Å²) in [5, 5.41) is 0. The van der Waals surface area contributed by atoms with E-state index >= 15 is 0 Å². The molecule has 0 bridgehead atoms. The highest BCUT2D eigenvalue weighted by Crippen LogP contribution is 2.37. The summed E-state index contributed by atoms with van der Waals surface area (Å²) in [6.45, 7) is 3.61. The van der Waals surface area contributed by atoms with Crippen molar-refractivity contribution in [1.82, 2.24) is 4.90 Å². The van der Waals surface area contributed by atoms with Gasteiger partial charge in [0, 0.05) is 30.4 Å². The fourth-order valence-corrected chi connectivity index (χ4v) is 3.51. The molecular formula is C15H21N3O. The van der Waals surface area contributed by atoms with Crippen molar-refractivity contribution in [3.05, 3.63) is 29.3 Å². The van der Waals surface area contributed by atoms with Crippen molar-refractivity contribution >= 4 is 11.6 Å². The van der Waals surface area contributed by atoms with E-state index < -0.39 is 0 Å². The fraction of sp³-hybridized carbons (Fsp3) is 0.533. The zero-order valence-electron chi connectivity index (χ0n) is 11.3. The highest BCUT2D eigenvalue weighted by Gasteiger charge is 2.42. The average molecular weight is 259 g/mol. The fourth-order valence-electron chi connectivity index (χ4n) is 3.51. The van der Waals surface area contributed by atoms with Crippen LogP contribution >= 0.6 is 0 Å². The highest BCUT2D eigenvalue weighted by molar-refractivity contribution is 5.96. The topological polar surface area (TPSA) is 72.4 Å². The van der Waals surface area contributed by atoms with Gasteiger partial charge in [-0.15, -0.1) is 0 Å². The molecular weight excluding hydrogens is 238 g/mol. The molecule has 1 aliphatic carbocycles. The van der Waals surface area contributed by atoms with Crippen LogP contribution in [0.5, 0.6) is 0 Å². The van der Waals surface area contributed by atoms with Crippen LogP contribution in [0.1, 0.15) is 28.8 Å². The predicted molar refractivity (Wildman–Crippen MR) is 75.7 cm³/mol. The number of benzene rings is 1. The second-order valence-corrected chi connectivity index (χ2v) is 5.95. The number of carbonyl (C=O) groups excluding carboxylic acids is 1. The third kappa shape index (κ3) is 2.10. The van der Waals surface area contributed by atoms with Crippen LogP contribution in [-0.4, -0.2) is 29.9 Å². The first-order valence-electron chi connectivity index (χ1n) is 6.97. The standard InChI is InChI=1S/C15H21N3O/c1-9-2-4-11(16)6-12(9)15(19)18-7-10-3-5-14(17)13(10)8-18/h2,4,6,10,13-14H,3,5,7-8,16-17H2,1H3. The molecule has 19 heavy (non-hydrogen) atoms. The molecule has 1 amide bonds. The van der Waals surface area contributed by atoms with Crippen molar-refractivity contribution in [2.45, 2.75) is 25.8 Å². The number of aryl methyl sites for hydroxylation is 1. The molecule has 0 aromatic heterocycles. The molecule has 3 rings (SSSR count). The van der Waals surface area contributed by atoms with Crippen LogP contribution in [0.4, 0.5) is 5.69 Å². The molecule has 3 atom stereocenters. The number of nitrogen functional groups attached to an aromatic ring is 1. The van der Waals surface area contributed by atoms with Crippen molar-refractivity contribution in [2.75, 3.05) is 18.8 Å². The zero-order chi connectivity index (χ0) is 13.6. The Kier molecular flexibility index (Phi) is 2.97. The van der Waals surface area contributed by atoms with Gasteiger partial charge in [0.25, 0.3) is 5.91 Å². The summed E-state index contributed by atoms with van der Waals surface area (Å²) in [5.74, 6) is 1.19. The quantitative estimate of drug-likeness (QED) is 0.748. The maximum Gasteiger partial charge on any atom is 0.254 e. The lowest BCUT2D eigenvalue weighted by Crippen LogP contribution is -2.33. The van der Waals surface area contributed by atoms with Gasteiger partial charge in [0.05, 0.1) is 0 Å². The SMILES string of the molecule is Cc1ccc(N)cc1C(=O)N1CC2CCC(N)C2C1. The van der Waals surface area contributed by atoms with Crippen LogP contribution in [0, 0.1) is 18.8 Å². The van der Waals surface area contributed by atoms with Gasteiger partial charge in [-0.25, -0.2) is 0 Å². The summed E-state index contributed by atoms with van der Waals surface area (Å²) in [6, 6.07) is 5.79.